The zero-order valence-electron chi connectivity index (χ0n) is 16.7. The first-order valence-corrected chi connectivity index (χ1v) is 11.4. The van der Waals surface area contributed by atoms with Gasteiger partial charge in [0.1, 0.15) is 0 Å². The van der Waals surface area contributed by atoms with Gasteiger partial charge in [-0.3, -0.25) is 9.59 Å². The van der Waals surface area contributed by atoms with E-state index < -0.39 is 5.97 Å². The van der Waals surface area contributed by atoms with Gasteiger partial charge in [-0.2, -0.15) is 0 Å². The highest BCUT2D eigenvalue weighted by atomic mass is 32.2. The third kappa shape index (κ3) is 12.1. The molecule has 1 aromatic rings. The molecule has 0 aromatic heterocycles. The largest absolute Gasteiger partial charge is 0.481 e. The van der Waals surface area contributed by atoms with Crippen LogP contribution < -0.4 is 0 Å². The lowest BCUT2D eigenvalue weighted by Crippen LogP contribution is -2.11. The minimum Gasteiger partial charge on any atom is -0.481 e. The Morgan fingerprint density at radius 2 is 1.64 bits per heavy atom. The van der Waals surface area contributed by atoms with E-state index in [-0.39, 0.29) is 12.2 Å². The molecule has 0 fully saturated rings. The number of ether oxygens (including phenoxy) is 1. The van der Waals surface area contributed by atoms with Crippen LogP contribution in [0.3, 0.4) is 0 Å². The molecule has 0 saturated heterocycles. The topological polar surface area (TPSA) is 63.6 Å². The molecular formula is C22H32O4S2. The van der Waals surface area contributed by atoms with E-state index in [4.69, 9.17) is 22.1 Å². The number of hydrogen-bond acceptors (Lipinski definition) is 5. The third-order valence-corrected chi connectivity index (χ3v) is 6.00. The Morgan fingerprint density at radius 3 is 2.29 bits per heavy atom. The highest BCUT2D eigenvalue weighted by molar-refractivity contribution is 8.23. The van der Waals surface area contributed by atoms with Gasteiger partial charge in [0, 0.05) is 23.7 Å². The van der Waals surface area contributed by atoms with E-state index in [2.05, 4.69) is 0 Å². The first-order valence-electron chi connectivity index (χ1n) is 10.2. The van der Waals surface area contributed by atoms with Gasteiger partial charge in [0.05, 0.1) is 6.61 Å². The number of carboxylic acids is 1. The van der Waals surface area contributed by atoms with E-state index >= 15 is 0 Å². The lowest BCUT2D eigenvalue weighted by Gasteiger charge is -2.16. The number of rotatable bonds is 15. The summed E-state index contributed by atoms with van der Waals surface area (Å²) in [5.41, 5.74) is 0.764. The van der Waals surface area contributed by atoms with Crippen LogP contribution in [-0.4, -0.2) is 33.1 Å². The summed E-state index contributed by atoms with van der Waals surface area (Å²) in [7, 11) is 0. The molecule has 1 atom stereocenters. The van der Waals surface area contributed by atoms with Gasteiger partial charge in [-0.1, -0.05) is 74.2 Å². The highest BCUT2D eigenvalue weighted by Gasteiger charge is 2.16. The standard InChI is InChI=1S/C22H32O4S2/c1-2-26-22(27)28-19(14-10-5-3-4-6-11-15-21(24)25)16-17-20(23)18-12-8-7-9-13-18/h7-9,12-13,19H,2-6,10-11,14-17H2,1H3,(H,24,25). The predicted octanol–water partition coefficient (Wildman–Crippen LogP) is 6.28. The SMILES string of the molecule is CCOC(=S)SC(CCCCCCCCC(=O)O)CCC(=O)c1ccccc1. The van der Waals surface area contributed by atoms with Crippen molar-refractivity contribution in [1.82, 2.24) is 0 Å². The zero-order chi connectivity index (χ0) is 20.6. The third-order valence-electron chi connectivity index (χ3n) is 4.48. The molecule has 0 spiro atoms. The van der Waals surface area contributed by atoms with Crippen molar-refractivity contribution in [3.8, 4) is 0 Å². The zero-order valence-corrected chi connectivity index (χ0v) is 18.4. The van der Waals surface area contributed by atoms with Gasteiger partial charge in [0.2, 0.25) is 4.38 Å². The molecule has 6 heteroatoms. The summed E-state index contributed by atoms with van der Waals surface area (Å²) in [4.78, 5) is 22.9. The van der Waals surface area contributed by atoms with Crippen molar-refractivity contribution in [1.29, 1.82) is 0 Å². The lowest BCUT2D eigenvalue weighted by atomic mass is 10.0. The normalized spacial score (nSPS) is 11.8. The molecule has 4 nitrogen and oxygen atoms in total. The van der Waals surface area contributed by atoms with Crippen molar-refractivity contribution < 1.29 is 19.4 Å². The lowest BCUT2D eigenvalue weighted by molar-refractivity contribution is -0.137. The maximum absolute atomic E-state index is 12.4. The fourth-order valence-electron chi connectivity index (χ4n) is 2.97. The monoisotopic (exact) mass is 424 g/mol. The summed E-state index contributed by atoms with van der Waals surface area (Å²) >= 11 is 6.85. The predicted molar refractivity (Wildman–Crippen MR) is 120 cm³/mol. The Morgan fingerprint density at radius 1 is 1.00 bits per heavy atom. The summed E-state index contributed by atoms with van der Waals surface area (Å²) in [5, 5.41) is 8.93. The van der Waals surface area contributed by atoms with Crippen molar-refractivity contribution in [2.45, 2.75) is 76.4 Å². The number of benzene rings is 1. The molecule has 0 heterocycles. The van der Waals surface area contributed by atoms with Crippen molar-refractivity contribution in [3.05, 3.63) is 35.9 Å². The van der Waals surface area contributed by atoms with E-state index in [0.717, 1.165) is 56.9 Å². The molecule has 1 unspecified atom stereocenters. The smallest absolute Gasteiger partial charge is 0.303 e. The number of ketones is 1. The molecule has 28 heavy (non-hydrogen) atoms. The average Bonchev–Trinajstić information content (AvgIpc) is 2.68. The molecule has 0 aliphatic heterocycles. The Kier molecular flexibility index (Phi) is 13.7. The number of unbranched alkanes of at least 4 members (excludes halogenated alkanes) is 5. The number of hydrogen-bond donors (Lipinski definition) is 1. The van der Waals surface area contributed by atoms with Crippen molar-refractivity contribution in [3.63, 3.8) is 0 Å². The van der Waals surface area contributed by atoms with Crippen molar-refractivity contribution in [2.75, 3.05) is 6.61 Å². The maximum atomic E-state index is 12.4. The number of thioether (sulfide) groups is 1. The van der Waals surface area contributed by atoms with E-state index in [1.165, 1.54) is 0 Å². The maximum Gasteiger partial charge on any atom is 0.303 e. The first kappa shape index (κ1) is 24.6. The van der Waals surface area contributed by atoms with Crippen LogP contribution in [0, 0.1) is 0 Å². The molecule has 0 amide bonds. The van der Waals surface area contributed by atoms with Crippen LogP contribution in [0.5, 0.6) is 0 Å². The molecule has 0 radical (unpaired) electrons. The number of aliphatic carboxylic acids is 1. The van der Waals surface area contributed by atoms with Crippen LogP contribution >= 0.6 is 24.0 Å². The van der Waals surface area contributed by atoms with Gasteiger partial charge in [-0.15, -0.1) is 0 Å². The Labute approximate surface area is 178 Å². The van der Waals surface area contributed by atoms with Crippen molar-refractivity contribution >= 4 is 40.1 Å². The Hall–Kier alpha value is -1.40. The summed E-state index contributed by atoms with van der Waals surface area (Å²) in [6.07, 6.45) is 8.74. The number of Topliss-reactive ketones (excluding diaryl/α,β-unsaturated/α-hetero) is 1. The first-order chi connectivity index (χ1) is 13.5. The molecule has 1 rings (SSSR count). The molecule has 1 aromatic carbocycles. The Bertz CT molecular complexity index is 589. The van der Waals surface area contributed by atoms with E-state index in [0.29, 0.717) is 22.7 Å². The summed E-state index contributed by atoms with van der Waals surface area (Å²) in [6, 6.07) is 9.41. The second-order valence-electron chi connectivity index (χ2n) is 6.80. The molecule has 156 valence electrons. The summed E-state index contributed by atoms with van der Waals surface area (Å²) < 4.78 is 5.98. The molecule has 0 aliphatic rings. The van der Waals surface area contributed by atoms with Crippen LogP contribution in [-0.2, 0) is 9.53 Å². The van der Waals surface area contributed by atoms with E-state index in [9.17, 15) is 9.59 Å². The quantitative estimate of drug-likeness (QED) is 0.203. The molecular weight excluding hydrogens is 392 g/mol. The molecule has 1 N–H and O–H groups in total. The molecule has 0 bridgehead atoms. The number of carbonyl (C=O) groups is 2. The van der Waals surface area contributed by atoms with Gasteiger partial charge in [0.25, 0.3) is 0 Å². The fourth-order valence-corrected chi connectivity index (χ4v) is 4.47. The van der Waals surface area contributed by atoms with Crippen LogP contribution in [0.4, 0.5) is 0 Å². The average molecular weight is 425 g/mol. The van der Waals surface area contributed by atoms with Gasteiger partial charge in [0.15, 0.2) is 5.78 Å². The van der Waals surface area contributed by atoms with Gasteiger partial charge in [-0.05, 0) is 38.4 Å². The van der Waals surface area contributed by atoms with Gasteiger partial charge >= 0.3 is 5.97 Å². The second kappa shape index (κ2) is 15.5. The highest BCUT2D eigenvalue weighted by Crippen LogP contribution is 2.26. The molecule has 0 saturated carbocycles. The number of carboxylic acid groups (broad SMARTS) is 1. The van der Waals surface area contributed by atoms with Crippen LogP contribution in [0.15, 0.2) is 30.3 Å². The van der Waals surface area contributed by atoms with E-state index in [1.807, 2.05) is 37.3 Å². The van der Waals surface area contributed by atoms with Crippen LogP contribution in [0.25, 0.3) is 0 Å². The van der Waals surface area contributed by atoms with Crippen LogP contribution in [0.1, 0.15) is 81.5 Å². The van der Waals surface area contributed by atoms with Gasteiger partial charge in [-0.25, -0.2) is 0 Å². The fraction of sp³-hybridized carbons (Fsp3) is 0.591. The number of thiocarbonyl (C=S) groups is 1. The van der Waals surface area contributed by atoms with E-state index in [1.54, 1.807) is 11.8 Å². The summed E-state index contributed by atoms with van der Waals surface area (Å²) in [5.74, 6) is -0.540. The Balaban J connectivity index is 2.33. The minimum atomic E-state index is -0.713. The number of carbonyl (C=O) groups excluding carboxylic acids is 1. The molecule has 0 aliphatic carbocycles. The summed E-state index contributed by atoms with van der Waals surface area (Å²) in [6.45, 7) is 2.49. The minimum absolute atomic E-state index is 0.173. The second-order valence-corrected chi connectivity index (χ2v) is 8.71. The van der Waals surface area contributed by atoms with Crippen LogP contribution in [0.2, 0.25) is 0 Å². The van der Waals surface area contributed by atoms with Gasteiger partial charge < -0.3 is 9.84 Å². The van der Waals surface area contributed by atoms with Crippen molar-refractivity contribution in [2.24, 2.45) is 0 Å².